The van der Waals surface area contributed by atoms with Crippen molar-refractivity contribution in [3.8, 4) is 0 Å². The molecule has 34 valence electrons. The maximum Gasteiger partial charge on any atom is 0.278 e. The van der Waals surface area contributed by atoms with Crippen LogP contribution in [0.15, 0.2) is 0 Å². The molecule has 0 aliphatic carbocycles. The Morgan fingerprint density at radius 2 is 2.67 bits per heavy atom. The minimum absolute atomic E-state index is 0.187. The molecule has 0 radical (unpaired) electrons. The topological polar surface area (TPSA) is 9.23 Å². The van der Waals surface area contributed by atoms with E-state index in [1.165, 1.54) is 11.7 Å². The Hall–Kier alpha value is 0.830. The molecule has 0 saturated carbocycles. The highest BCUT2D eigenvalue weighted by atomic mass is 32.9. The predicted octanol–water partition coefficient (Wildman–Crippen LogP) is 1.52. The molecule has 1 nitrogen and oxygen atoms in total. The van der Waals surface area contributed by atoms with Gasteiger partial charge >= 0.3 is 0 Å². The first kappa shape index (κ1) is 4.98. The maximum absolute atomic E-state index is 4.91. The summed E-state index contributed by atoms with van der Waals surface area (Å²) in [6.45, 7) is 0.875. The molecule has 0 amide bonds. The summed E-state index contributed by atoms with van der Waals surface area (Å²) in [5.41, 5.74) is 0. The number of hydrogen-bond donors (Lipinski definition) is 0. The van der Waals surface area contributed by atoms with E-state index in [0.717, 1.165) is 12.8 Å². The highest BCUT2D eigenvalue weighted by Crippen LogP contribution is 2.43. The minimum Gasteiger partial charge on any atom is -0.271 e. The van der Waals surface area contributed by atoms with E-state index in [1.807, 2.05) is 0 Å². The summed E-state index contributed by atoms with van der Waals surface area (Å²) in [5, 5.41) is 0. The molecule has 4 heteroatoms. The van der Waals surface area contributed by atoms with Crippen LogP contribution in [0.25, 0.3) is 0 Å². The molecule has 1 fully saturated rings. The lowest BCUT2D eigenvalue weighted by Crippen LogP contribution is -1.74. The summed E-state index contributed by atoms with van der Waals surface area (Å²) in [6, 6.07) is 0. The van der Waals surface area contributed by atoms with E-state index in [4.69, 9.17) is 16.0 Å². The first-order valence-electron chi connectivity index (χ1n) is 1.64. The average molecular weight is 139 g/mol. The third-order valence-corrected chi connectivity index (χ3v) is 3.94. The molecule has 1 atom stereocenters. The summed E-state index contributed by atoms with van der Waals surface area (Å²) >= 11 is 6.38. The van der Waals surface area contributed by atoms with Crippen molar-refractivity contribution < 1.29 is 4.18 Å². The van der Waals surface area contributed by atoms with Crippen LogP contribution >= 0.6 is 17.6 Å². The van der Waals surface area contributed by atoms with Gasteiger partial charge in [-0.1, -0.05) is 0 Å². The van der Waals surface area contributed by atoms with E-state index in [0.29, 0.717) is 0 Å². The molecule has 1 unspecified atom stereocenters. The van der Waals surface area contributed by atoms with Crippen molar-refractivity contribution in [1.29, 1.82) is 0 Å². The molecule has 0 N–H and O–H groups in total. The Bertz CT molecular complexity index is 65.9. The van der Waals surface area contributed by atoms with Crippen molar-refractivity contribution in [2.45, 2.75) is 0 Å². The molecule has 6 heavy (non-hydrogen) atoms. The molecular weight excluding hydrogens is 135 g/mol. The molecule has 0 spiro atoms. The van der Waals surface area contributed by atoms with Crippen molar-refractivity contribution in [3.63, 3.8) is 0 Å². The second-order valence-electron chi connectivity index (χ2n) is 0.953. The van der Waals surface area contributed by atoms with Gasteiger partial charge in [-0.15, -0.1) is 0 Å². The van der Waals surface area contributed by atoms with E-state index in [-0.39, 0.29) is 5.90 Å². The van der Waals surface area contributed by atoms with Gasteiger partial charge in [-0.3, -0.25) is 4.18 Å². The fourth-order valence-corrected chi connectivity index (χ4v) is 2.59. The summed E-state index contributed by atoms with van der Waals surface area (Å²) in [5.74, 6) is -0.187. The lowest BCUT2D eigenvalue weighted by molar-refractivity contribution is 0.420. The number of hydrogen-bond acceptors (Lipinski definition) is 3. The van der Waals surface area contributed by atoms with Crippen LogP contribution < -0.4 is 0 Å². The maximum atomic E-state index is 4.91. The SMILES string of the molecule is S=[P+]1CCOS1. The van der Waals surface area contributed by atoms with Crippen LogP contribution in [-0.4, -0.2) is 12.8 Å². The third-order valence-electron chi connectivity index (χ3n) is 0.493. The first-order valence-corrected chi connectivity index (χ1v) is 5.52. The van der Waals surface area contributed by atoms with Gasteiger partial charge in [0.1, 0.15) is 6.61 Å². The van der Waals surface area contributed by atoms with Gasteiger partial charge in [-0.05, 0) is 0 Å². The van der Waals surface area contributed by atoms with Gasteiger partial charge in [-0.2, -0.15) is 0 Å². The fourth-order valence-electron chi connectivity index (χ4n) is 0.245. The largest absolute Gasteiger partial charge is 0.278 e. The van der Waals surface area contributed by atoms with Crippen LogP contribution in [-0.2, 0) is 16.0 Å². The first-order chi connectivity index (χ1) is 2.89. The second-order valence-corrected chi connectivity index (χ2v) is 6.24. The van der Waals surface area contributed by atoms with E-state index in [2.05, 4.69) is 0 Å². The van der Waals surface area contributed by atoms with Gasteiger partial charge in [0, 0.05) is 0 Å². The van der Waals surface area contributed by atoms with Gasteiger partial charge in [0.25, 0.3) is 17.6 Å². The standard InChI is InChI=1S/C2H4OPS2/c5-4-2-1-3-6-4/h1-2H2/q+1. The van der Waals surface area contributed by atoms with Crippen LogP contribution in [0.4, 0.5) is 0 Å². The van der Waals surface area contributed by atoms with Crippen LogP contribution in [0.1, 0.15) is 0 Å². The molecule has 1 aliphatic heterocycles. The van der Waals surface area contributed by atoms with E-state index >= 15 is 0 Å². The minimum atomic E-state index is -0.187. The van der Waals surface area contributed by atoms with E-state index in [9.17, 15) is 0 Å². The molecule has 0 aromatic heterocycles. The lowest BCUT2D eigenvalue weighted by atomic mass is 10.9. The predicted molar refractivity (Wildman–Crippen MR) is 32.7 cm³/mol. The van der Waals surface area contributed by atoms with E-state index < -0.39 is 0 Å². The zero-order chi connectivity index (χ0) is 4.41. The van der Waals surface area contributed by atoms with Gasteiger partial charge in [0.05, 0.1) is 0 Å². The molecule has 0 aromatic rings. The average Bonchev–Trinajstić information content (AvgIpc) is 1.86. The van der Waals surface area contributed by atoms with Crippen LogP contribution in [0.5, 0.6) is 0 Å². The summed E-state index contributed by atoms with van der Waals surface area (Å²) < 4.78 is 4.90. The highest BCUT2D eigenvalue weighted by Gasteiger charge is 2.20. The van der Waals surface area contributed by atoms with Crippen molar-refractivity contribution in [3.05, 3.63) is 0 Å². The zero-order valence-corrected chi connectivity index (χ0v) is 5.61. The molecule has 1 aliphatic rings. The Kier molecular flexibility index (Phi) is 1.84. The summed E-state index contributed by atoms with van der Waals surface area (Å²) in [4.78, 5) is 0. The Morgan fingerprint density at radius 3 is 2.83 bits per heavy atom. The normalized spacial score (nSPS) is 28.3. The molecule has 0 aromatic carbocycles. The van der Waals surface area contributed by atoms with Gasteiger partial charge in [0.2, 0.25) is 0 Å². The smallest absolute Gasteiger partial charge is 0.271 e. The summed E-state index contributed by atoms with van der Waals surface area (Å²) in [6.07, 6.45) is 1.11. The van der Waals surface area contributed by atoms with Gasteiger partial charge in [0.15, 0.2) is 18.0 Å². The van der Waals surface area contributed by atoms with Gasteiger partial charge in [-0.25, -0.2) is 0 Å². The van der Waals surface area contributed by atoms with E-state index in [1.54, 1.807) is 0 Å². The van der Waals surface area contributed by atoms with Crippen LogP contribution in [0.3, 0.4) is 0 Å². The third kappa shape index (κ3) is 1.16. The number of rotatable bonds is 0. The van der Waals surface area contributed by atoms with Crippen molar-refractivity contribution in [1.82, 2.24) is 0 Å². The van der Waals surface area contributed by atoms with Crippen molar-refractivity contribution in [2.75, 3.05) is 12.8 Å². The second kappa shape index (κ2) is 2.22. The Balaban J connectivity index is 2.37. The van der Waals surface area contributed by atoms with Crippen molar-refractivity contribution >= 4 is 29.4 Å². The molecular formula is C2H4OPS2+. The molecule has 1 saturated heterocycles. The Labute approximate surface area is 46.8 Å². The highest BCUT2D eigenvalue weighted by molar-refractivity contribution is 8.62. The zero-order valence-electron chi connectivity index (χ0n) is 3.09. The lowest BCUT2D eigenvalue weighted by Gasteiger charge is -1.64. The molecule has 1 heterocycles. The Morgan fingerprint density at radius 1 is 1.83 bits per heavy atom. The fraction of sp³-hybridized carbons (Fsp3) is 1.00. The van der Waals surface area contributed by atoms with Gasteiger partial charge < -0.3 is 0 Å². The van der Waals surface area contributed by atoms with Crippen LogP contribution in [0, 0.1) is 0 Å². The quantitative estimate of drug-likeness (QED) is 0.372. The molecule has 1 rings (SSSR count). The van der Waals surface area contributed by atoms with Crippen molar-refractivity contribution in [2.24, 2.45) is 0 Å². The van der Waals surface area contributed by atoms with Crippen LogP contribution in [0.2, 0.25) is 0 Å². The monoisotopic (exact) mass is 139 g/mol. The summed E-state index contributed by atoms with van der Waals surface area (Å²) in [7, 11) is 0. The molecule has 0 bridgehead atoms.